The third kappa shape index (κ3) is 2.60. The molecule has 18 heavy (non-hydrogen) atoms. The molecular weight excluding hydrogens is 250 g/mol. The predicted molar refractivity (Wildman–Crippen MR) is 72.0 cm³/mol. The molecule has 5 nitrogen and oxygen atoms in total. The standard InChI is InChI=1S/C12H13N3O2S/c1-7-2-3-18-10(7)6-15-11-4-8(12(16)17)9(13)5-14-11/h2-5H,6,13H2,1H3,(H,14,15)(H,16,17). The number of nitrogens with zero attached hydrogens (tertiary/aromatic N) is 1. The summed E-state index contributed by atoms with van der Waals surface area (Å²) in [5, 5.41) is 14.1. The summed E-state index contributed by atoms with van der Waals surface area (Å²) in [6.45, 7) is 2.66. The van der Waals surface area contributed by atoms with E-state index in [-0.39, 0.29) is 11.3 Å². The lowest BCUT2D eigenvalue weighted by Crippen LogP contribution is -2.07. The number of hydrogen-bond donors (Lipinski definition) is 3. The van der Waals surface area contributed by atoms with Crippen molar-refractivity contribution in [2.24, 2.45) is 0 Å². The number of aryl methyl sites for hydroxylation is 1. The number of thiophene rings is 1. The highest BCUT2D eigenvalue weighted by atomic mass is 32.1. The average molecular weight is 263 g/mol. The van der Waals surface area contributed by atoms with Crippen LogP contribution >= 0.6 is 11.3 Å². The minimum Gasteiger partial charge on any atom is -0.478 e. The summed E-state index contributed by atoms with van der Waals surface area (Å²) >= 11 is 1.65. The number of nitrogens with two attached hydrogens (primary N) is 1. The molecule has 0 amide bonds. The van der Waals surface area contributed by atoms with E-state index in [1.54, 1.807) is 11.3 Å². The van der Waals surface area contributed by atoms with E-state index in [0.717, 1.165) is 0 Å². The Bertz CT molecular complexity index is 580. The first kappa shape index (κ1) is 12.4. The van der Waals surface area contributed by atoms with Crippen LogP contribution in [0.15, 0.2) is 23.7 Å². The molecule has 4 N–H and O–H groups in total. The van der Waals surface area contributed by atoms with E-state index in [2.05, 4.69) is 10.3 Å². The molecule has 6 heteroatoms. The minimum atomic E-state index is -1.05. The zero-order valence-electron chi connectivity index (χ0n) is 9.80. The molecule has 2 rings (SSSR count). The minimum absolute atomic E-state index is 0.0652. The van der Waals surface area contributed by atoms with Crippen LogP contribution in [0.25, 0.3) is 0 Å². The van der Waals surface area contributed by atoms with Crippen molar-refractivity contribution in [2.45, 2.75) is 13.5 Å². The van der Waals surface area contributed by atoms with Gasteiger partial charge in [-0.2, -0.15) is 0 Å². The smallest absolute Gasteiger partial charge is 0.337 e. The van der Waals surface area contributed by atoms with Gasteiger partial charge in [-0.1, -0.05) is 0 Å². The Balaban J connectivity index is 2.13. The molecule has 2 aromatic heterocycles. The molecule has 2 aromatic rings. The van der Waals surface area contributed by atoms with Gasteiger partial charge in [0, 0.05) is 4.88 Å². The van der Waals surface area contributed by atoms with Crippen molar-refractivity contribution in [3.8, 4) is 0 Å². The Kier molecular flexibility index (Phi) is 3.47. The van der Waals surface area contributed by atoms with Gasteiger partial charge in [-0.05, 0) is 30.0 Å². The van der Waals surface area contributed by atoms with Crippen molar-refractivity contribution in [1.29, 1.82) is 0 Å². The number of nitrogen functional groups attached to an aromatic ring is 1. The largest absolute Gasteiger partial charge is 0.478 e. The molecule has 0 fully saturated rings. The Labute approximate surface area is 108 Å². The number of nitrogens with one attached hydrogen (secondary N) is 1. The fraction of sp³-hybridized carbons (Fsp3) is 0.167. The highest BCUT2D eigenvalue weighted by Crippen LogP contribution is 2.19. The van der Waals surface area contributed by atoms with Gasteiger partial charge in [-0.3, -0.25) is 0 Å². The second-order valence-electron chi connectivity index (χ2n) is 3.84. The van der Waals surface area contributed by atoms with E-state index in [1.165, 1.54) is 22.7 Å². The summed E-state index contributed by atoms with van der Waals surface area (Å²) in [7, 11) is 0. The summed E-state index contributed by atoms with van der Waals surface area (Å²) in [6.07, 6.45) is 1.35. The molecule has 0 bridgehead atoms. The van der Waals surface area contributed by atoms with Gasteiger partial charge in [-0.15, -0.1) is 11.3 Å². The molecular formula is C12H13N3O2S. The van der Waals surface area contributed by atoms with Gasteiger partial charge in [0.15, 0.2) is 0 Å². The zero-order valence-corrected chi connectivity index (χ0v) is 10.6. The van der Waals surface area contributed by atoms with E-state index in [4.69, 9.17) is 10.8 Å². The Morgan fingerprint density at radius 3 is 3.00 bits per heavy atom. The van der Waals surface area contributed by atoms with Crippen LogP contribution in [-0.2, 0) is 6.54 Å². The lowest BCUT2D eigenvalue weighted by Gasteiger charge is -2.07. The number of aromatic carboxylic acids is 1. The Morgan fingerprint density at radius 1 is 1.61 bits per heavy atom. The number of anilines is 2. The SMILES string of the molecule is Cc1ccsc1CNc1cc(C(=O)O)c(N)cn1. The fourth-order valence-electron chi connectivity index (χ4n) is 1.50. The van der Waals surface area contributed by atoms with Gasteiger partial charge in [0.2, 0.25) is 0 Å². The second-order valence-corrected chi connectivity index (χ2v) is 4.84. The number of hydrogen-bond acceptors (Lipinski definition) is 5. The second kappa shape index (κ2) is 5.05. The van der Waals surface area contributed by atoms with Crippen molar-refractivity contribution in [2.75, 3.05) is 11.1 Å². The van der Waals surface area contributed by atoms with Crippen LogP contribution in [-0.4, -0.2) is 16.1 Å². The normalized spacial score (nSPS) is 10.3. The van der Waals surface area contributed by atoms with Crippen molar-refractivity contribution in [1.82, 2.24) is 4.98 Å². The van der Waals surface area contributed by atoms with Crippen molar-refractivity contribution < 1.29 is 9.90 Å². The maximum absolute atomic E-state index is 10.9. The molecule has 0 aliphatic heterocycles. The van der Waals surface area contributed by atoms with Gasteiger partial charge in [0.25, 0.3) is 0 Å². The first-order chi connectivity index (χ1) is 8.58. The first-order valence-corrected chi connectivity index (χ1v) is 6.21. The molecule has 0 saturated carbocycles. The van der Waals surface area contributed by atoms with Crippen molar-refractivity contribution in [3.63, 3.8) is 0 Å². The summed E-state index contributed by atoms with van der Waals surface area (Å²) in [6, 6.07) is 3.49. The third-order valence-electron chi connectivity index (χ3n) is 2.56. The fourth-order valence-corrected chi connectivity index (χ4v) is 2.35. The van der Waals surface area contributed by atoms with Crippen LogP contribution in [0.1, 0.15) is 20.8 Å². The number of carboxylic acids is 1. The molecule has 0 aliphatic rings. The van der Waals surface area contributed by atoms with E-state index in [1.807, 2.05) is 18.4 Å². The van der Waals surface area contributed by atoms with Gasteiger partial charge in [0.05, 0.1) is 24.0 Å². The molecule has 0 radical (unpaired) electrons. The van der Waals surface area contributed by atoms with Crippen LogP contribution < -0.4 is 11.1 Å². The number of rotatable bonds is 4. The summed E-state index contributed by atoms with van der Waals surface area (Å²) in [5.41, 5.74) is 6.98. The first-order valence-electron chi connectivity index (χ1n) is 5.33. The van der Waals surface area contributed by atoms with E-state index < -0.39 is 5.97 Å². The molecule has 0 unspecified atom stereocenters. The van der Waals surface area contributed by atoms with E-state index in [9.17, 15) is 4.79 Å². The predicted octanol–water partition coefficient (Wildman–Crippen LogP) is 2.34. The molecule has 0 aromatic carbocycles. The summed E-state index contributed by atoms with van der Waals surface area (Å²) in [4.78, 5) is 16.2. The quantitative estimate of drug-likeness (QED) is 0.788. The average Bonchev–Trinajstić information content (AvgIpc) is 2.73. The van der Waals surface area contributed by atoms with Crippen molar-refractivity contribution in [3.05, 3.63) is 39.7 Å². The number of pyridine rings is 1. The molecule has 94 valence electrons. The molecule has 0 saturated heterocycles. The van der Waals surface area contributed by atoms with Crippen molar-refractivity contribution >= 4 is 28.8 Å². The maximum atomic E-state index is 10.9. The number of carboxylic acid groups (broad SMARTS) is 1. The molecule has 0 spiro atoms. The van der Waals surface area contributed by atoms with Gasteiger partial charge >= 0.3 is 5.97 Å². The van der Waals surface area contributed by atoms with E-state index in [0.29, 0.717) is 12.4 Å². The van der Waals surface area contributed by atoms with Crippen LogP contribution in [0.4, 0.5) is 11.5 Å². The lowest BCUT2D eigenvalue weighted by atomic mass is 10.2. The molecule has 2 heterocycles. The van der Waals surface area contributed by atoms with Gasteiger partial charge in [0.1, 0.15) is 5.82 Å². The maximum Gasteiger partial charge on any atom is 0.337 e. The van der Waals surface area contributed by atoms with Crippen LogP contribution in [0.2, 0.25) is 0 Å². The van der Waals surface area contributed by atoms with Crippen LogP contribution in [0, 0.1) is 6.92 Å². The summed E-state index contributed by atoms with van der Waals surface area (Å²) in [5.74, 6) is -0.542. The Hall–Kier alpha value is -2.08. The number of aromatic nitrogens is 1. The highest BCUT2D eigenvalue weighted by molar-refractivity contribution is 7.10. The zero-order chi connectivity index (χ0) is 13.1. The van der Waals surface area contributed by atoms with Gasteiger partial charge in [-0.25, -0.2) is 9.78 Å². The summed E-state index contributed by atoms with van der Waals surface area (Å²) < 4.78 is 0. The highest BCUT2D eigenvalue weighted by Gasteiger charge is 2.09. The molecule has 0 aliphatic carbocycles. The lowest BCUT2D eigenvalue weighted by molar-refractivity contribution is 0.0698. The number of carbonyl (C=O) groups is 1. The van der Waals surface area contributed by atoms with Gasteiger partial charge < -0.3 is 16.2 Å². The van der Waals surface area contributed by atoms with E-state index >= 15 is 0 Å². The van der Waals surface area contributed by atoms with Crippen LogP contribution in [0.3, 0.4) is 0 Å². The van der Waals surface area contributed by atoms with Crippen LogP contribution in [0.5, 0.6) is 0 Å². The topological polar surface area (TPSA) is 88.2 Å². The third-order valence-corrected chi connectivity index (χ3v) is 3.59. The monoisotopic (exact) mass is 263 g/mol. The Morgan fingerprint density at radius 2 is 2.39 bits per heavy atom. The molecule has 0 atom stereocenters.